The molecule has 0 bridgehead atoms. The van der Waals surface area contributed by atoms with Crippen LogP contribution in [0.4, 0.5) is 0 Å². The summed E-state index contributed by atoms with van der Waals surface area (Å²) in [5, 5.41) is -0.714. The molecular formula is C5H9ClO3S. The zero-order chi connectivity index (χ0) is 8.15. The predicted molar refractivity (Wildman–Crippen MR) is 40.1 cm³/mol. The topological polar surface area (TPSA) is 51.2 Å². The standard InChI is InChI=1S/C5H9ClO3S/c1-4(3-7)5(2-6)10(8)9/h3-5,10H,2H2,1H3. The van der Waals surface area contributed by atoms with Crippen LogP contribution >= 0.6 is 11.6 Å². The summed E-state index contributed by atoms with van der Waals surface area (Å²) in [4.78, 5) is 10.1. The number of carbonyl (C=O) groups excluding carboxylic acids is 1. The third kappa shape index (κ3) is 2.66. The van der Waals surface area contributed by atoms with Crippen molar-refractivity contribution in [1.82, 2.24) is 0 Å². The van der Waals surface area contributed by atoms with E-state index in [-0.39, 0.29) is 5.88 Å². The summed E-state index contributed by atoms with van der Waals surface area (Å²) >= 11 is 5.29. The van der Waals surface area contributed by atoms with E-state index in [1.54, 1.807) is 0 Å². The summed E-state index contributed by atoms with van der Waals surface area (Å²) in [6.07, 6.45) is 0.595. The fourth-order valence-electron chi connectivity index (χ4n) is 0.480. The van der Waals surface area contributed by atoms with Gasteiger partial charge in [-0.1, -0.05) is 6.92 Å². The van der Waals surface area contributed by atoms with Crippen molar-refractivity contribution in [3.63, 3.8) is 0 Å². The van der Waals surface area contributed by atoms with Crippen molar-refractivity contribution in [2.75, 3.05) is 5.88 Å². The summed E-state index contributed by atoms with van der Waals surface area (Å²) in [5.74, 6) is -0.517. The lowest BCUT2D eigenvalue weighted by Gasteiger charge is -2.07. The van der Waals surface area contributed by atoms with Crippen LogP contribution in [0.15, 0.2) is 0 Å². The number of alkyl halides is 1. The molecule has 0 N–H and O–H groups in total. The van der Waals surface area contributed by atoms with Crippen LogP contribution in [0.3, 0.4) is 0 Å². The van der Waals surface area contributed by atoms with Gasteiger partial charge in [0.05, 0.1) is 5.25 Å². The minimum Gasteiger partial charge on any atom is -0.303 e. The first-order valence-electron chi connectivity index (χ1n) is 2.78. The maximum Gasteiger partial charge on any atom is 0.144 e. The van der Waals surface area contributed by atoms with E-state index in [0.29, 0.717) is 6.29 Å². The first-order valence-corrected chi connectivity index (χ1v) is 4.56. The van der Waals surface area contributed by atoms with Crippen molar-refractivity contribution in [2.45, 2.75) is 12.2 Å². The monoisotopic (exact) mass is 184 g/mol. The lowest BCUT2D eigenvalue weighted by molar-refractivity contribution is -0.110. The molecule has 0 saturated carbocycles. The Labute approximate surface area is 66.3 Å². The highest BCUT2D eigenvalue weighted by molar-refractivity contribution is 7.73. The van der Waals surface area contributed by atoms with Gasteiger partial charge in [0.25, 0.3) is 0 Å². The molecule has 0 spiro atoms. The zero-order valence-electron chi connectivity index (χ0n) is 5.49. The Kier molecular flexibility index (Phi) is 4.64. The van der Waals surface area contributed by atoms with Gasteiger partial charge in [-0.3, -0.25) is 0 Å². The maximum absolute atomic E-state index is 10.3. The molecule has 0 rings (SSSR count). The predicted octanol–water partition coefficient (Wildman–Crippen LogP) is 0.0402. The highest BCUT2D eigenvalue weighted by Gasteiger charge is 2.17. The van der Waals surface area contributed by atoms with Crippen LogP contribution < -0.4 is 0 Å². The molecule has 0 aliphatic carbocycles. The van der Waals surface area contributed by atoms with Crippen molar-refractivity contribution in [1.29, 1.82) is 0 Å². The Balaban J connectivity index is 4.19. The van der Waals surface area contributed by atoms with Crippen molar-refractivity contribution in [2.24, 2.45) is 5.92 Å². The summed E-state index contributed by atoms with van der Waals surface area (Å²) in [6, 6.07) is 0. The summed E-state index contributed by atoms with van der Waals surface area (Å²) < 4.78 is 20.6. The number of halogens is 1. The van der Waals surface area contributed by atoms with Gasteiger partial charge in [-0.25, -0.2) is 8.42 Å². The van der Waals surface area contributed by atoms with E-state index >= 15 is 0 Å². The molecule has 2 atom stereocenters. The Morgan fingerprint density at radius 3 is 2.20 bits per heavy atom. The second-order valence-electron chi connectivity index (χ2n) is 2.00. The first-order chi connectivity index (χ1) is 4.63. The molecular weight excluding hydrogens is 176 g/mol. The third-order valence-electron chi connectivity index (χ3n) is 1.25. The van der Waals surface area contributed by atoms with Crippen molar-refractivity contribution >= 4 is 28.6 Å². The van der Waals surface area contributed by atoms with Gasteiger partial charge in [-0.2, -0.15) is 0 Å². The number of thiol groups is 1. The fourth-order valence-corrected chi connectivity index (χ4v) is 1.67. The van der Waals surface area contributed by atoms with Crippen LogP contribution in [0.25, 0.3) is 0 Å². The molecule has 0 radical (unpaired) electrons. The normalized spacial score (nSPS) is 16.7. The van der Waals surface area contributed by atoms with E-state index in [2.05, 4.69) is 0 Å². The van der Waals surface area contributed by atoms with Crippen LogP contribution in [0.1, 0.15) is 6.92 Å². The lowest BCUT2D eigenvalue weighted by Crippen LogP contribution is -2.22. The Bertz CT molecular complexity index is 170. The van der Waals surface area contributed by atoms with Gasteiger partial charge in [-0.15, -0.1) is 11.6 Å². The second-order valence-corrected chi connectivity index (χ2v) is 3.54. The minimum atomic E-state index is -2.57. The number of carbonyl (C=O) groups is 1. The molecule has 5 heteroatoms. The van der Waals surface area contributed by atoms with Crippen LogP contribution in [0, 0.1) is 5.92 Å². The van der Waals surface area contributed by atoms with Gasteiger partial charge in [0.2, 0.25) is 0 Å². The highest BCUT2D eigenvalue weighted by Crippen LogP contribution is 2.05. The van der Waals surface area contributed by atoms with Crippen molar-refractivity contribution in [3.05, 3.63) is 0 Å². The van der Waals surface area contributed by atoms with Gasteiger partial charge in [-0.05, 0) is 0 Å². The van der Waals surface area contributed by atoms with Gasteiger partial charge >= 0.3 is 0 Å². The first kappa shape index (κ1) is 9.91. The third-order valence-corrected chi connectivity index (χ3v) is 2.99. The molecule has 0 aromatic heterocycles. The molecule has 0 aliphatic rings. The second kappa shape index (κ2) is 4.68. The SMILES string of the molecule is CC(C=O)C(CCl)[SH](=O)=O. The maximum atomic E-state index is 10.3. The summed E-state index contributed by atoms with van der Waals surface area (Å²) in [5.41, 5.74) is 0. The van der Waals surface area contributed by atoms with Crippen LogP contribution in [-0.4, -0.2) is 25.8 Å². The van der Waals surface area contributed by atoms with E-state index in [9.17, 15) is 13.2 Å². The van der Waals surface area contributed by atoms with Gasteiger partial charge < -0.3 is 4.79 Å². The van der Waals surface area contributed by atoms with E-state index in [1.807, 2.05) is 0 Å². The largest absolute Gasteiger partial charge is 0.303 e. The van der Waals surface area contributed by atoms with Crippen molar-refractivity contribution < 1.29 is 13.2 Å². The molecule has 0 aliphatic heterocycles. The molecule has 10 heavy (non-hydrogen) atoms. The van der Waals surface area contributed by atoms with Crippen LogP contribution in [-0.2, 0) is 15.5 Å². The number of rotatable bonds is 4. The molecule has 0 saturated heterocycles. The van der Waals surface area contributed by atoms with Gasteiger partial charge in [0, 0.05) is 11.8 Å². The number of hydrogen-bond acceptors (Lipinski definition) is 3. The minimum absolute atomic E-state index is 0.0153. The molecule has 0 heterocycles. The Morgan fingerprint density at radius 2 is 2.10 bits per heavy atom. The molecule has 0 aromatic rings. The summed E-state index contributed by atoms with van der Waals surface area (Å²) in [7, 11) is -2.57. The van der Waals surface area contributed by atoms with Gasteiger partial charge in [0.1, 0.15) is 17.0 Å². The smallest absolute Gasteiger partial charge is 0.144 e. The molecule has 60 valence electrons. The molecule has 0 amide bonds. The lowest BCUT2D eigenvalue weighted by atomic mass is 10.1. The molecule has 0 aromatic carbocycles. The average molecular weight is 185 g/mol. The van der Waals surface area contributed by atoms with E-state index < -0.39 is 21.9 Å². The van der Waals surface area contributed by atoms with Crippen molar-refractivity contribution in [3.8, 4) is 0 Å². The van der Waals surface area contributed by atoms with Crippen LogP contribution in [0.2, 0.25) is 0 Å². The van der Waals surface area contributed by atoms with E-state index in [4.69, 9.17) is 11.6 Å². The van der Waals surface area contributed by atoms with Gasteiger partial charge in [0.15, 0.2) is 0 Å². The Morgan fingerprint density at radius 1 is 1.60 bits per heavy atom. The molecule has 3 nitrogen and oxygen atoms in total. The number of hydrogen-bond donors (Lipinski definition) is 1. The highest BCUT2D eigenvalue weighted by atomic mass is 35.5. The van der Waals surface area contributed by atoms with Crippen LogP contribution in [0.5, 0.6) is 0 Å². The number of aldehydes is 1. The molecule has 0 fully saturated rings. The average Bonchev–Trinajstić information content (AvgIpc) is 1.88. The zero-order valence-corrected chi connectivity index (χ0v) is 7.14. The van der Waals surface area contributed by atoms with E-state index in [1.165, 1.54) is 6.92 Å². The fraction of sp³-hybridized carbons (Fsp3) is 0.800. The molecule has 2 unspecified atom stereocenters. The quantitative estimate of drug-likeness (QED) is 0.381. The Hall–Kier alpha value is -0.0900. The summed E-state index contributed by atoms with van der Waals surface area (Å²) in [6.45, 7) is 1.53. The van der Waals surface area contributed by atoms with E-state index in [0.717, 1.165) is 0 Å².